The summed E-state index contributed by atoms with van der Waals surface area (Å²) >= 11 is 0. The van der Waals surface area contributed by atoms with Crippen LogP contribution >= 0.6 is 0 Å². The van der Waals surface area contributed by atoms with Crippen LogP contribution in [0.25, 0.3) is 11.3 Å². The molecule has 1 aliphatic heterocycles. The molecular formula is C18H20FN3O4S. The van der Waals surface area contributed by atoms with E-state index in [1.165, 1.54) is 17.0 Å². The van der Waals surface area contributed by atoms with Crippen molar-refractivity contribution in [1.82, 2.24) is 14.6 Å². The molecule has 0 spiro atoms. The third kappa shape index (κ3) is 4.81. The Kier molecular flexibility index (Phi) is 5.43. The van der Waals surface area contributed by atoms with Crippen molar-refractivity contribution in [2.24, 2.45) is 0 Å². The van der Waals surface area contributed by atoms with Crippen LogP contribution in [0.3, 0.4) is 0 Å². The zero-order valence-electron chi connectivity index (χ0n) is 14.7. The second kappa shape index (κ2) is 7.61. The van der Waals surface area contributed by atoms with Crippen molar-refractivity contribution < 1.29 is 22.7 Å². The topological polar surface area (TPSA) is 99.6 Å². The Labute approximate surface area is 156 Å². The summed E-state index contributed by atoms with van der Waals surface area (Å²) in [6.07, 6.45) is 0.603. The maximum absolute atomic E-state index is 13.5. The number of halogens is 1. The number of pyridine rings is 1. The van der Waals surface area contributed by atoms with E-state index in [-0.39, 0.29) is 18.8 Å². The molecule has 2 atom stereocenters. The molecule has 1 aliphatic rings. The molecule has 0 aliphatic carbocycles. The molecule has 1 aromatic heterocycles. The first-order valence-electron chi connectivity index (χ1n) is 8.42. The molecule has 9 heteroatoms. The van der Waals surface area contributed by atoms with Crippen LogP contribution in [0.2, 0.25) is 0 Å². The number of carbonyl (C=O) groups is 1. The smallest absolute Gasteiger partial charge is 0.407 e. The summed E-state index contributed by atoms with van der Waals surface area (Å²) in [5.74, 6) is -0.370. The third-order valence-corrected chi connectivity index (χ3v) is 5.23. The standard InChI is InChI=1S/C18H20FN3O4S/c1-27(25,26)21-16-8-9-22(18(23)24)17(16)11-14-6-3-7-15(20-14)12-4-2-5-13(19)10-12/h2-7,10,16-17,21H,8-9,11H2,1H3,(H,23,24). The Bertz CT molecular complexity index is 951. The van der Waals surface area contributed by atoms with Gasteiger partial charge in [-0.3, -0.25) is 4.98 Å². The molecule has 1 aromatic carbocycles. The number of hydrogen-bond acceptors (Lipinski definition) is 4. The minimum atomic E-state index is -3.47. The van der Waals surface area contributed by atoms with Crippen molar-refractivity contribution in [3.05, 3.63) is 54.0 Å². The van der Waals surface area contributed by atoms with Gasteiger partial charge in [-0.1, -0.05) is 18.2 Å². The molecule has 1 amide bonds. The number of nitrogens with one attached hydrogen (secondary N) is 1. The monoisotopic (exact) mass is 393 g/mol. The van der Waals surface area contributed by atoms with E-state index in [2.05, 4.69) is 9.71 Å². The number of hydrogen-bond donors (Lipinski definition) is 2. The van der Waals surface area contributed by atoms with Gasteiger partial charge in [0.1, 0.15) is 5.82 Å². The molecule has 3 rings (SSSR count). The molecule has 1 saturated heterocycles. The number of carboxylic acid groups (broad SMARTS) is 1. The minimum absolute atomic E-state index is 0.247. The molecule has 2 heterocycles. The summed E-state index contributed by atoms with van der Waals surface area (Å²) in [6.45, 7) is 0.247. The first-order valence-corrected chi connectivity index (χ1v) is 10.3. The Balaban J connectivity index is 1.87. The predicted molar refractivity (Wildman–Crippen MR) is 98.2 cm³/mol. The highest BCUT2D eigenvalue weighted by Gasteiger charge is 2.38. The van der Waals surface area contributed by atoms with Crippen LogP contribution in [0.15, 0.2) is 42.5 Å². The predicted octanol–water partition coefficient (Wildman–Crippen LogP) is 2.10. The van der Waals surface area contributed by atoms with Crippen molar-refractivity contribution >= 4 is 16.1 Å². The summed E-state index contributed by atoms with van der Waals surface area (Å²) in [6, 6.07) is 10.2. The van der Waals surface area contributed by atoms with Crippen LogP contribution in [0.4, 0.5) is 9.18 Å². The third-order valence-electron chi connectivity index (χ3n) is 4.50. The number of aromatic nitrogens is 1. The van der Waals surface area contributed by atoms with Gasteiger partial charge in [0.05, 0.1) is 18.0 Å². The van der Waals surface area contributed by atoms with Crippen LogP contribution in [0, 0.1) is 5.82 Å². The van der Waals surface area contributed by atoms with Crippen LogP contribution in [-0.2, 0) is 16.4 Å². The van der Waals surface area contributed by atoms with Crippen LogP contribution in [-0.4, -0.2) is 54.4 Å². The van der Waals surface area contributed by atoms with E-state index < -0.39 is 28.2 Å². The number of nitrogens with zero attached hydrogens (tertiary/aromatic N) is 2. The first kappa shape index (κ1) is 19.2. The maximum Gasteiger partial charge on any atom is 0.407 e. The van der Waals surface area contributed by atoms with Gasteiger partial charge in [0.15, 0.2) is 0 Å². The van der Waals surface area contributed by atoms with Crippen LogP contribution in [0.1, 0.15) is 12.1 Å². The van der Waals surface area contributed by atoms with Gasteiger partial charge in [0, 0.05) is 30.3 Å². The molecule has 2 unspecified atom stereocenters. The van der Waals surface area contributed by atoms with Gasteiger partial charge in [-0.2, -0.15) is 0 Å². The molecule has 27 heavy (non-hydrogen) atoms. The largest absolute Gasteiger partial charge is 0.465 e. The molecule has 1 fully saturated rings. The zero-order chi connectivity index (χ0) is 19.6. The summed E-state index contributed by atoms with van der Waals surface area (Å²) in [4.78, 5) is 17.3. The van der Waals surface area contributed by atoms with E-state index in [1.807, 2.05) is 0 Å². The lowest BCUT2D eigenvalue weighted by Gasteiger charge is -2.26. The molecule has 2 N–H and O–H groups in total. The number of rotatable bonds is 5. The van der Waals surface area contributed by atoms with Gasteiger partial charge in [-0.05, 0) is 30.7 Å². The lowest BCUT2D eigenvalue weighted by Crippen LogP contribution is -2.47. The van der Waals surface area contributed by atoms with E-state index in [0.717, 1.165) is 6.26 Å². The van der Waals surface area contributed by atoms with E-state index >= 15 is 0 Å². The second-order valence-electron chi connectivity index (χ2n) is 6.56. The molecule has 7 nitrogen and oxygen atoms in total. The molecular weight excluding hydrogens is 373 g/mol. The summed E-state index contributed by atoms with van der Waals surface area (Å²) in [5, 5.41) is 9.43. The highest BCUT2D eigenvalue weighted by atomic mass is 32.2. The van der Waals surface area contributed by atoms with Gasteiger partial charge < -0.3 is 10.0 Å². The fourth-order valence-corrected chi connectivity index (χ4v) is 4.20. The Hall–Kier alpha value is -2.52. The van der Waals surface area contributed by atoms with Gasteiger partial charge in [0.2, 0.25) is 10.0 Å². The second-order valence-corrected chi connectivity index (χ2v) is 8.34. The number of likely N-dealkylation sites (tertiary alicyclic amines) is 1. The number of amides is 1. The molecule has 0 saturated carbocycles. The van der Waals surface area contributed by atoms with E-state index in [4.69, 9.17) is 0 Å². The Morgan fingerprint density at radius 2 is 2.07 bits per heavy atom. The maximum atomic E-state index is 13.5. The Morgan fingerprint density at radius 3 is 2.74 bits per heavy atom. The van der Waals surface area contributed by atoms with Crippen molar-refractivity contribution in [3.8, 4) is 11.3 Å². The summed E-state index contributed by atoms with van der Waals surface area (Å²) in [7, 11) is -3.47. The average molecular weight is 393 g/mol. The van der Waals surface area contributed by atoms with Crippen molar-refractivity contribution in [1.29, 1.82) is 0 Å². The fourth-order valence-electron chi connectivity index (χ4n) is 3.37. The molecule has 144 valence electrons. The van der Waals surface area contributed by atoms with Gasteiger partial charge >= 0.3 is 6.09 Å². The average Bonchev–Trinajstić information content (AvgIpc) is 2.96. The lowest BCUT2D eigenvalue weighted by molar-refractivity contribution is 0.137. The van der Waals surface area contributed by atoms with E-state index in [9.17, 15) is 22.7 Å². The molecule has 0 bridgehead atoms. The van der Waals surface area contributed by atoms with Gasteiger partial charge in [-0.25, -0.2) is 22.3 Å². The van der Waals surface area contributed by atoms with Crippen molar-refractivity contribution in [2.45, 2.75) is 24.9 Å². The fraction of sp³-hybridized carbons (Fsp3) is 0.333. The minimum Gasteiger partial charge on any atom is -0.465 e. The number of benzene rings is 1. The Morgan fingerprint density at radius 1 is 1.33 bits per heavy atom. The lowest BCUT2D eigenvalue weighted by atomic mass is 10.0. The highest BCUT2D eigenvalue weighted by molar-refractivity contribution is 7.88. The molecule has 2 aromatic rings. The van der Waals surface area contributed by atoms with Crippen LogP contribution < -0.4 is 4.72 Å². The molecule has 0 radical (unpaired) electrons. The quantitative estimate of drug-likeness (QED) is 0.810. The van der Waals surface area contributed by atoms with Crippen molar-refractivity contribution in [3.63, 3.8) is 0 Å². The first-order chi connectivity index (χ1) is 12.7. The van der Waals surface area contributed by atoms with Crippen LogP contribution in [0.5, 0.6) is 0 Å². The van der Waals surface area contributed by atoms with Gasteiger partial charge in [0.25, 0.3) is 0 Å². The summed E-state index contributed by atoms with van der Waals surface area (Å²) in [5.41, 5.74) is 1.79. The highest BCUT2D eigenvalue weighted by Crippen LogP contribution is 2.24. The van der Waals surface area contributed by atoms with Crippen molar-refractivity contribution in [2.75, 3.05) is 12.8 Å². The number of sulfonamides is 1. The van der Waals surface area contributed by atoms with E-state index in [1.54, 1.807) is 30.3 Å². The normalized spacial score (nSPS) is 20.0. The van der Waals surface area contributed by atoms with Gasteiger partial charge in [-0.15, -0.1) is 0 Å². The summed E-state index contributed by atoms with van der Waals surface area (Å²) < 4.78 is 39.2. The SMILES string of the molecule is CS(=O)(=O)NC1CCN(C(=O)O)C1Cc1cccc(-c2cccc(F)c2)n1. The van der Waals surface area contributed by atoms with E-state index in [0.29, 0.717) is 23.4 Å². The zero-order valence-corrected chi connectivity index (χ0v) is 15.5.